The van der Waals surface area contributed by atoms with Crippen molar-refractivity contribution in [1.82, 2.24) is 15.1 Å². The molecule has 1 aromatic heterocycles. The molecule has 3 atom stereocenters. The van der Waals surface area contributed by atoms with Crippen LogP contribution in [0.4, 0.5) is 0 Å². The highest BCUT2D eigenvalue weighted by atomic mass is 127. The lowest BCUT2D eigenvalue weighted by Gasteiger charge is -2.24. The Morgan fingerprint density at radius 2 is 2.23 bits per heavy atom. The Hall–Kier alpha value is -1.29. The third-order valence-electron chi connectivity index (χ3n) is 4.66. The molecule has 0 aromatic carbocycles. The van der Waals surface area contributed by atoms with Crippen LogP contribution in [0.15, 0.2) is 27.8 Å². The zero-order valence-electron chi connectivity index (χ0n) is 16.3. The van der Waals surface area contributed by atoms with E-state index in [1.54, 1.807) is 6.26 Å². The maximum atomic E-state index is 11.9. The number of furan rings is 1. The van der Waals surface area contributed by atoms with Gasteiger partial charge in [-0.2, -0.15) is 0 Å². The fourth-order valence-corrected chi connectivity index (χ4v) is 3.19. The summed E-state index contributed by atoms with van der Waals surface area (Å²) >= 11 is 0. The molecule has 148 valence electrons. The highest BCUT2D eigenvalue weighted by Crippen LogP contribution is 2.25. The van der Waals surface area contributed by atoms with Crippen LogP contribution < -0.4 is 5.32 Å². The Morgan fingerprint density at radius 1 is 1.50 bits per heavy atom. The van der Waals surface area contributed by atoms with Crippen molar-refractivity contribution in [3.05, 3.63) is 24.2 Å². The lowest BCUT2D eigenvalue weighted by molar-refractivity contribution is -0.145. The smallest absolute Gasteiger partial charge is 0.310 e. The van der Waals surface area contributed by atoms with Gasteiger partial charge in [-0.05, 0) is 39.1 Å². The van der Waals surface area contributed by atoms with Crippen molar-refractivity contribution in [2.75, 3.05) is 47.4 Å². The molecular weight excluding hydrogens is 447 g/mol. The summed E-state index contributed by atoms with van der Waals surface area (Å²) in [6, 6.07) is 3.93. The van der Waals surface area contributed by atoms with Gasteiger partial charge in [-0.3, -0.25) is 14.7 Å². The number of aliphatic imine (C=N–C) groups is 1. The number of carbonyl (C=O) groups excluding carboxylic acids is 1. The van der Waals surface area contributed by atoms with E-state index in [2.05, 4.69) is 22.0 Å². The first kappa shape index (κ1) is 22.8. The summed E-state index contributed by atoms with van der Waals surface area (Å²) in [5.74, 6) is 1.72. The van der Waals surface area contributed by atoms with Gasteiger partial charge in [-0.1, -0.05) is 6.92 Å². The van der Waals surface area contributed by atoms with Crippen molar-refractivity contribution >= 4 is 35.9 Å². The van der Waals surface area contributed by atoms with Crippen molar-refractivity contribution in [3.63, 3.8) is 0 Å². The van der Waals surface area contributed by atoms with Gasteiger partial charge < -0.3 is 19.4 Å². The van der Waals surface area contributed by atoms with E-state index in [4.69, 9.17) is 14.1 Å². The number of likely N-dealkylation sites (tertiary alicyclic amines) is 1. The number of hydrogen-bond acceptors (Lipinski definition) is 5. The predicted molar refractivity (Wildman–Crippen MR) is 113 cm³/mol. The summed E-state index contributed by atoms with van der Waals surface area (Å²) in [5, 5.41) is 3.34. The van der Waals surface area contributed by atoms with E-state index in [1.165, 1.54) is 7.11 Å². The molecule has 0 saturated carbocycles. The van der Waals surface area contributed by atoms with Gasteiger partial charge in [0.2, 0.25) is 0 Å². The van der Waals surface area contributed by atoms with Gasteiger partial charge in [0, 0.05) is 19.6 Å². The largest absolute Gasteiger partial charge is 0.469 e. The standard InChI is InChI=1S/C18H30N4O3.HI/c1-6-19-18(22-11-13(2)14(12-22)17(23)24-5)20-10-15(21(3)4)16-8-7-9-25-16;/h7-9,13-15H,6,10-12H2,1-5H3,(H,19,20);1H. The van der Waals surface area contributed by atoms with Crippen molar-refractivity contribution in [3.8, 4) is 0 Å². The van der Waals surface area contributed by atoms with Gasteiger partial charge in [-0.15, -0.1) is 24.0 Å². The second-order valence-electron chi connectivity index (χ2n) is 6.70. The molecule has 2 heterocycles. The van der Waals surface area contributed by atoms with E-state index in [0.717, 1.165) is 24.8 Å². The van der Waals surface area contributed by atoms with Crippen LogP contribution in [0, 0.1) is 11.8 Å². The van der Waals surface area contributed by atoms with Crippen molar-refractivity contribution in [1.29, 1.82) is 0 Å². The van der Waals surface area contributed by atoms with E-state index in [9.17, 15) is 4.79 Å². The first-order valence-corrected chi connectivity index (χ1v) is 8.78. The fraction of sp³-hybridized carbons (Fsp3) is 0.667. The van der Waals surface area contributed by atoms with Crippen LogP contribution in [-0.2, 0) is 9.53 Å². The molecule has 0 bridgehead atoms. The van der Waals surface area contributed by atoms with Crippen LogP contribution in [-0.4, -0.2) is 69.1 Å². The molecule has 1 saturated heterocycles. The molecular formula is C18H31IN4O3. The van der Waals surface area contributed by atoms with Gasteiger partial charge in [0.05, 0.1) is 31.9 Å². The van der Waals surface area contributed by atoms with Crippen LogP contribution in [0.3, 0.4) is 0 Å². The second kappa shape index (κ2) is 10.8. The maximum absolute atomic E-state index is 11.9. The molecule has 1 aliphatic heterocycles. The molecule has 26 heavy (non-hydrogen) atoms. The number of carbonyl (C=O) groups is 1. The summed E-state index contributed by atoms with van der Waals surface area (Å²) < 4.78 is 10.5. The number of guanidine groups is 1. The lowest BCUT2D eigenvalue weighted by atomic mass is 9.99. The van der Waals surface area contributed by atoms with E-state index in [-0.39, 0.29) is 47.8 Å². The summed E-state index contributed by atoms with van der Waals surface area (Å²) in [5.41, 5.74) is 0. The Bertz CT molecular complexity index is 577. The van der Waals surface area contributed by atoms with E-state index < -0.39 is 0 Å². The zero-order valence-corrected chi connectivity index (χ0v) is 18.6. The number of halogens is 1. The number of ether oxygens (including phenoxy) is 1. The average molecular weight is 478 g/mol. The molecule has 0 aliphatic carbocycles. The SMILES string of the molecule is CCNC(=NCC(c1ccco1)N(C)C)N1CC(C)C(C(=O)OC)C1.I. The number of rotatable bonds is 6. The van der Waals surface area contributed by atoms with E-state index in [1.807, 2.05) is 33.2 Å². The molecule has 0 spiro atoms. The quantitative estimate of drug-likeness (QED) is 0.293. The van der Waals surface area contributed by atoms with Gasteiger partial charge in [0.1, 0.15) is 5.76 Å². The summed E-state index contributed by atoms with van der Waals surface area (Å²) in [6.07, 6.45) is 1.68. The molecule has 8 heteroatoms. The zero-order chi connectivity index (χ0) is 18.4. The van der Waals surface area contributed by atoms with Crippen molar-refractivity contribution < 1.29 is 13.9 Å². The molecule has 0 amide bonds. The highest BCUT2D eigenvalue weighted by Gasteiger charge is 2.37. The minimum absolute atomic E-state index is 0. The number of esters is 1. The van der Waals surface area contributed by atoms with Crippen molar-refractivity contribution in [2.24, 2.45) is 16.8 Å². The van der Waals surface area contributed by atoms with Crippen LogP contribution in [0.2, 0.25) is 0 Å². The lowest BCUT2D eigenvalue weighted by Crippen LogP contribution is -2.41. The minimum atomic E-state index is -0.146. The molecule has 1 N–H and O–H groups in total. The Morgan fingerprint density at radius 3 is 2.77 bits per heavy atom. The molecule has 1 aliphatic rings. The molecule has 1 aromatic rings. The Labute approximate surface area is 173 Å². The number of methoxy groups -OCH3 is 1. The van der Waals surface area contributed by atoms with Crippen LogP contribution in [0.5, 0.6) is 0 Å². The summed E-state index contributed by atoms with van der Waals surface area (Å²) in [7, 11) is 5.48. The van der Waals surface area contributed by atoms with Crippen LogP contribution in [0.1, 0.15) is 25.6 Å². The number of hydrogen-bond donors (Lipinski definition) is 1. The monoisotopic (exact) mass is 478 g/mol. The molecule has 1 fully saturated rings. The molecule has 2 rings (SSSR count). The summed E-state index contributed by atoms with van der Waals surface area (Å²) in [6.45, 7) is 6.90. The minimum Gasteiger partial charge on any atom is -0.469 e. The topological polar surface area (TPSA) is 70.3 Å². The average Bonchev–Trinajstić information content (AvgIpc) is 3.23. The van der Waals surface area contributed by atoms with Gasteiger partial charge in [0.25, 0.3) is 0 Å². The molecule has 3 unspecified atom stereocenters. The number of nitrogens with one attached hydrogen (secondary N) is 1. The highest BCUT2D eigenvalue weighted by molar-refractivity contribution is 14.0. The number of likely N-dealkylation sites (N-methyl/N-ethyl adjacent to an activating group) is 1. The van der Waals surface area contributed by atoms with Gasteiger partial charge in [0.15, 0.2) is 5.96 Å². The Balaban J connectivity index is 0.00000338. The van der Waals surface area contributed by atoms with E-state index in [0.29, 0.717) is 13.1 Å². The first-order valence-electron chi connectivity index (χ1n) is 8.78. The van der Waals surface area contributed by atoms with Gasteiger partial charge in [-0.25, -0.2) is 0 Å². The first-order chi connectivity index (χ1) is 12.0. The predicted octanol–water partition coefficient (Wildman–Crippen LogP) is 2.21. The third kappa shape index (κ3) is 5.60. The van der Waals surface area contributed by atoms with Crippen molar-refractivity contribution in [2.45, 2.75) is 19.9 Å². The maximum Gasteiger partial charge on any atom is 0.310 e. The molecule has 0 radical (unpaired) electrons. The summed E-state index contributed by atoms with van der Waals surface area (Å²) in [4.78, 5) is 21.0. The van der Waals surface area contributed by atoms with Crippen LogP contribution >= 0.6 is 24.0 Å². The van der Waals surface area contributed by atoms with Gasteiger partial charge >= 0.3 is 5.97 Å². The Kier molecular flexibility index (Phi) is 9.42. The third-order valence-corrected chi connectivity index (χ3v) is 4.66. The second-order valence-corrected chi connectivity index (χ2v) is 6.70. The van der Waals surface area contributed by atoms with Crippen LogP contribution in [0.25, 0.3) is 0 Å². The number of nitrogens with zero attached hydrogens (tertiary/aromatic N) is 3. The van der Waals surface area contributed by atoms with E-state index >= 15 is 0 Å². The molecule has 7 nitrogen and oxygen atoms in total. The fourth-order valence-electron chi connectivity index (χ4n) is 3.19. The normalized spacial score (nSPS) is 21.5.